The lowest BCUT2D eigenvalue weighted by Crippen LogP contribution is -2.44. The number of ether oxygens (including phenoxy) is 1. The van der Waals surface area contributed by atoms with E-state index in [4.69, 9.17) is 16.3 Å². The summed E-state index contributed by atoms with van der Waals surface area (Å²) >= 11 is 5.98. The van der Waals surface area contributed by atoms with Gasteiger partial charge in [-0.1, -0.05) is 43.6 Å². The van der Waals surface area contributed by atoms with E-state index in [9.17, 15) is 9.59 Å². The molecule has 0 saturated heterocycles. The molecule has 0 radical (unpaired) electrons. The van der Waals surface area contributed by atoms with Crippen molar-refractivity contribution in [3.63, 3.8) is 0 Å². The molecule has 0 aromatic heterocycles. The smallest absolute Gasteiger partial charge is 0.246 e. The van der Waals surface area contributed by atoms with Crippen LogP contribution in [0, 0.1) is 5.92 Å². The molecular weight excluding hydrogens is 278 g/mol. The molecule has 0 spiro atoms. The fraction of sp³-hybridized carbons (Fsp3) is 0.467. The van der Waals surface area contributed by atoms with Gasteiger partial charge < -0.3 is 10.1 Å². The van der Waals surface area contributed by atoms with Gasteiger partial charge >= 0.3 is 0 Å². The van der Waals surface area contributed by atoms with Gasteiger partial charge in [0.1, 0.15) is 6.61 Å². The summed E-state index contributed by atoms with van der Waals surface area (Å²) in [6.07, 6.45) is 0. The van der Waals surface area contributed by atoms with Gasteiger partial charge in [0, 0.05) is 5.02 Å². The van der Waals surface area contributed by atoms with E-state index in [2.05, 4.69) is 5.32 Å². The molecule has 1 aromatic carbocycles. The molecule has 1 N–H and O–H groups in total. The van der Waals surface area contributed by atoms with E-state index in [1.54, 1.807) is 6.07 Å². The van der Waals surface area contributed by atoms with Crippen molar-refractivity contribution < 1.29 is 14.3 Å². The van der Waals surface area contributed by atoms with E-state index < -0.39 is 6.04 Å². The highest BCUT2D eigenvalue weighted by Gasteiger charge is 2.20. The zero-order chi connectivity index (χ0) is 15.1. The Labute approximate surface area is 124 Å². The van der Waals surface area contributed by atoms with E-state index in [0.29, 0.717) is 5.02 Å². The third kappa shape index (κ3) is 5.31. The van der Waals surface area contributed by atoms with Crippen molar-refractivity contribution in [3.05, 3.63) is 34.9 Å². The molecule has 0 aliphatic heterocycles. The largest absolute Gasteiger partial charge is 0.367 e. The Morgan fingerprint density at radius 3 is 2.50 bits per heavy atom. The third-order valence-electron chi connectivity index (χ3n) is 2.87. The van der Waals surface area contributed by atoms with Crippen molar-refractivity contribution in [2.75, 3.05) is 6.61 Å². The molecule has 0 fully saturated rings. The van der Waals surface area contributed by atoms with Gasteiger partial charge in [0.2, 0.25) is 5.91 Å². The molecule has 0 heterocycles. The Balaban J connectivity index is 2.40. The van der Waals surface area contributed by atoms with Crippen LogP contribution in [0.5, 0.6) is 0 Å². The zero-order valence-electron chi connectivity index (χ0n) is 12.0. The summed E-state index contributed by atoms with van der Waals surface area (Å²) < 4.78 is 5.31. The first-order valence-corrected chi connectivity index (χ1v) is 6.90. The van der Waals surface area contributed by atoms with Gasteiger partial charge in [0.25, 0.3) is 0 Å². The summed E-state index contributed by atoms with van der Waals surface area (Å²) in [7, 11) is 0. The Kier molecular flexibility index (Phi) is 6.68. The zero-order valence-corrected chi connectivity index (χ0v) is 12.7. The van der Waals surface area contributed by atoms with Crippen molar-refractivity contribution >= 4 is 23.3 Å². The van der Waals surface area contributed by atoms with Crippen LogP contribution in [0.2, 0.25) is 5.02 Å². The highest BCUT2D eigenvalue weighted by molar-refractivity contribution is 6.31. The third-order valence-corrected chi connectivity index (χ3v) is 3.24. The van der Waals surface area contributed by atoms with Crippen LogP contribution in [0.25, 0.3) is 0 Å². The number of benzene rings is 1. The number of amides is 1. The molecule has 5 heteroatoms. The van der Waals surface area contributed by atoms with Gasteiger partial charge in [0.15, 0.2) is 5.78 Å². The number of halogens is 1. The maximum Gasteiger partial charge on any atom is 0.246 e. The molecule has 1 rings (SSSR count). The quantitative estimate of drug-likeness (QED) is 0.841. The van der Waals surface area contributed by atoms with Gasteiger partial charge in [-0.25, -0.2) is 0 Å². The van der Waals surface area contributed by atoms with Gasteiger partial charge in [-0.2, -0.15) is 0 Å². The minimum Gasteiger partial charge on any atom is -0.367 e. The molecule has 0 saturated carbocycles. The fourth-order valence-corrected chi connectivity index (χ4v) is 2.01. The Hall–Kier alpha value is -1.39. The predicted molar refractivity (Wildman–Crippen MR) is 78.6 cm³/mol. The molecule has 1 amide bonds. The molecule has 0 aliphatic rings. The summed E-state index contributed by atoms with van der Waals surface area (Å²) in [6, 6.07) is 6.83. The molecule has 1 aromatic rings. The normalized spacial score (nSPS) is 12.2. The van der Waals surface area contributed by atoms with Crippen LogP contribution in [-0.4, -0.2) is 24.3 Å². The molecule has 1 atom stereocenters. The summed E-state index contributed by atoms with van der Waals surface area (Å²) in [5, 5.41) is 3.28. The molecule has 4 nitrogen and oxygen atoms in total. The number of carbonyl (C=O) groups excluding carboxylic acids is 2. The lowest BCUT2D eigenvalue weighted by molar-refractivity contribution is -0.131. The Morgan fingerprint density at radius 2 is 1.95 bits per heavy atom. The SMILES string of the molecule is CC(=O)C(NC(=O)COCc1ccccc1Cl)C(C)C. The standard InChI is InChI=1S/C15H20ClNO3/c1-10(2)15(11(3)18)17-14(19)9-20-8-12-6-4-5-7-13(12)16/h4-7,10,15H,8-9H2,1-3H3,(H,17,19). The topological polar surface area (TPSA) is 55.4 Å². The highest BCUT2D eigenvalue weighted by atomic mass is 35.5. The lowest BCUT2D eigenvalue weighted by atomic mass is 10.0. The predicted octanol–water partition coefficient (Wildman–Crippen LogP) is 2.59. The molecule has 110 valence electrons. The molecular formula is C15H20ClNO3. The molecule has 1 unspecified atom stereocenters. The van der Waals surface area contributed by atoms with Crippen molar-refractivity contribution in [2.24, 2.45) is 5.92 Å². The van der Waals surface area contributed by atoms with Crippen LogP contribution in [0.1, 0.15) is 26.3 Å². The second-order valence-electron chi connectivity index (χ2n) is 4.98. The van der Waals surface area contributed by atoms with Crippen molar-refractivity contribution in [1.82, 2.24) is 5.32 Å². The number of carbonyl (C=O) groups is 2. The van der Waals surface area contributed by atoms with Crippen LogP contribution in [-0.2, 0) is 20.9 Å². The minimum absolute atomic E-state index is 0.0556. The van der Waals surface area contributed by atoms with Crippen LogP contribution >= 0.6 is 11.6 Å². The molecule has 0 aliphatic carbocycles. The number of hydrogen-bond donors (Lipinski definition) is 1. The van der Waals surface area contributed by atoms with Gasteiger partial charge in [-0.05, 0) is 24.5 Å². The van der Waals surface area contributed by atoms with E-state index in [1.807, 2.05) is 32.0 Å². The Morgan fingerprint density at radius 1 is 1.30 bits per heavy atom. The maximum atomic E-state index is 11.7. The first-order chi connectivity index (χ1) is 9.41. The number of nitrogens with one attached hydrogen (secondary N) is 1. The first-order valence-electron chi connectivity index (χ1n) is 6.52. The van der Waals surface area contributed by atoms with Crippen LogP contribution in [0.4, 0.5) is 0 Å². The number of rotatable bonds is 7. The van der Waals surface area contributed by atoms with Gasteiger partial charge in [-0.3, -0.25) is 9.59 Å². The molecule has 20 heavy (non-hydrogen) atoms. The van der Waals surface area contributed by atoms with Crippen molar-refractivity contribution in [3.8, 4) is 0 Å². The monoisotopic (exact) mass is 297 g/mol. The van der Waals surface area contributed by atoms with E-state index in [0.717, 1.165) is 5.56 Å². The maximum absolute atomic E-state index is 11.7. The van der Waals surface area contributed by atoms with Gasteiger partial charge in [0.05, 0.1) is 12.6 Å². The number of ketones is 1. The average molecular weight is 298 g/mol. The number of hydrogen-bond acceptors (Lipinski definition) is 3. The molecule has 0 bridgehead atoms. The summed E-state index contributed by atoms with van der Waals surface area (Å²) in [5.74, 6) is -0.301. The second-order valence-corrected chi connectivity index (χ2v) is 5.39. The second kappa shape index (κ2) is 8.02. The van der Waals surface area contributed by atoms with E-state index >= 15 is 0 Å². The highest BCUT2D eigenvalue weighted by Crippen LogP contribution is 2.15. The van der Waals surface area contributed by atoms with Gasteiger partial charge in [-0.15, -0.1) is 0 Å². The minimum atomic E-state index is -0.466. The van der Waals surface area contributed by atoms with E-state index in [-0.39, 0.29) is 30.8 Å². The summed E-state index contributed by atoms with van der Waals surface area (Å²) in [6.45, 7) is 5.41. The van der Waals surface area contributed by atoms with Crippen LogP contribution < -0.4 is 5.32 Å². The summed E-state index contributed by atoms with van der Waals surface area (Å²) in [4.78, 5) is 23.1. The Bertz CT molecular complexity index is 474. The van der Waals surface area contributed by atoms with Crippen molar-refractivity contribution in [1.29, 1.82) is 0 Å². The van der Waals surface area contributed by atoms with E-state index in [1.165, 1.54) is 6.92 Å². The van der Waals surface area contributed by atoms with Crippen LogP contribution in [0.3, 0.4) is 0 Å². The lowest BCUT2D eigenvalue weighted by Gasteiger charge is -2.19. The van der Waals surface area contributed by atoms with Crippen molar-refractivity contribution in [2.45, 2.75) is 33.4 Å². The summed E-state index contributed by atoms with van der Waals surface area (Å²) in [5.41, 5.74) is 0.828. The number of Topliss-reactive ketones (excluding diaryl/α,β-unsaturated/α-hetero) is 1. The average Bonchev–Trinajstić information content (AvgIpc) is 2.37. The van der Waals surface area contributed by atoms with Crippen LogP contribution in [0.15, 0.2) is 24.3 Å². The first kappa shape index (κ1) is 16.7. The fourth-order valence-electron chi connectivity index (χ4n) is 1.82.